The second-order valence-electron chi connectivity index (χ2n) is 16.0. The Morgan fingerprint density at radius 1 is 0.923 bits per heavy atom. The molecule has 11 heteroatoms. The summed E-state index contributed by atoms with van der Waals surface area (Å²) in [7, 11) is 1.15. The van der Waals surface area contributed by atoms with Crippen LogP contribution < -0.4 is 0 Å². The number of esters is 4. The highest BCUT2D eigenvalue weighted by Gasteiger charge is 2.56. The third-order valence-electron chi connectivity index (χ3n) is 11.8. The van der Waals surface area contributed by atoms with Crippen LogP contribution >= 0.6 is 0 Å². The van der Waals surface area contributed by atoms with Gasteiger partial charge in [0.1, 0.15) is 0 Å². The van der Waals surface area contributed by atoms with E-state index in [1.165, 1.54) is 25.3 Å². The van der Waals surface area contributed by atoms with E-state index in [2.05, 4.69) is 51.7 Å². The highest BCUT2D eigenvalue weighted by Crippen LogP contribution is 2.59. The third kappa shape index (κ3) is 9.82. The summed E-state index contributed by atoms with van der Waals surface area (Å²) in [5.41, 5.74) is 2.97. The van der Waals surface area contributed by atoms with Crippen LogP contribution in [0.2, 0.25) is 0 Å². The summed E-state index contributed by atoms with van der Waals surface area (Å²) in [4.78, 5) is 49.3. The van der Waals surface area contributed by atoms with Gasteiger partial charge in [0.2, 0.25) is 0 Å². The predicted octanol–water partition coefficient (Wildman–Crippen LogP) is 6.47. The van der Waals surface area contributed by atoms with E-state index in [0.717, 1.165) is 51.4 Å². The van der Waals surface area contributed by atoms with Gasteiger partial charge in [-0.25, -0.2) is 4.79 Å². The Morgan fingerprint density at radius 3 is 2.17 bits per heavy atom. The van der Waals surface area contributed by atoms with Gasteiger partial charge in [-0.15, -0.1) is 0 Å². The summed E-state index contributed by atoms with van der Waals surface area (Å²) >= 11 is 0. The summed E-state index contributed by atoms with van der Waals surface area (Å²) < 4.78 is 33.8. The first-order chi connectivity index (χ1) is 24.3. The highest BCUT2D eigenvalue weighted by molar-refractivity contribution is 5.77. The fourth-order valence-corrected chi connectivity index (χ4v) is 8.73. The number of allylic oxidation sites excluding steroid dienone is 5. The van der Waals surface area contributed by atoms with Crippen LogP contribution in [-0.4, -0.2) is 78.5 Å². The summed E-state index contributed by atoms with van der Waals surface area (Å²) in [5.74, 6) is -1.53. The molecule has 0 amide bonds. The SMILES string of the molecule is C=C1CC[C@H](O[C@@H]2O[C@H](C(=O)OC)[C@@H](OC(C)=O)[C@H](OC(C)=O)[C@H]2OC(C)=O)C/C1=C/C=C1\CCC[C@]2(C)[C@@H]([C@H](C)/C=C/[C@H](C)C(C)(C)O)CC[C@@H]12. The Kier molecular flexibility index (Phi) is 13.8. The molecule has 290 valence electrons. The molecule has 1 heterocycles. The van der Waals surface area contributed by atoms with Gasteiger partial charge in [0, 0.05) is 26.7 Å². The number of carbonyl (C=O) groups is 4. The molecule has 4 rings (SSSR count). The minimum atomic E-state index is -1.51. The van der Waals surface area contributed by atoms with Crippen molar-refractivity contribution in [1.29, 1.82) is 0 Å². The van der Waals surface area contributed by atoms with Crippen LogP contribution in [0.1, 0.15) is 107 Å². The van der Waals surface area contributed by atoms with Crippen LogP contribution in [0.25, 0.3) is 0 Å². The Morgan fingerprint density at radius 2 is 1.56 bits per heavy atom. The third-order valence-corrected chi connectivity index (χ3v) is 11.8. The first-order valence-corrected chi connectivity index (χ1v) is 18.7. The summed E-state index contributed by atoms with van der Waals surface area (Å²) in [6.45, 7) is 18.4. The predicted molar refractivity (Wildman–Crippen MR) is 193 cm³/mol. The number of ether oxygens (including phenoxy) is 6. The lowest BCUT2D eigenvalue weighted by Crippen LogP contribution is -2.64. The van der Waals surface area contributed by atoms with Crippen molar-refractivity contribution in [3.05, 3.63) is 47.6 Å². The van der Waals surface area contributed by atoms with Crippen molar-refractivity contribution in [2.24, 2.45) is 29.1 Å². The van der Waals surface area contributed by atoms with E-state index in [1.54, 1.807) is 0 Å². The molecule has 0 aromatic rings. The summed E-state index contributed by atoms with van der Waals surface area (Å²) in [5, 5.41) is 10.4. The van der Waals surface area contributed by atoms with E-state index in [4.69, 9.17) is 28.4 Å². The number of aliphatic hydroxyl groups is 1. The Balaban J connectivity index is 1.55. The van der Waals surface area contributed by atoms with Crippen molar-refractivity contribution in [2.75, 3.05) is 7.11 Å². The molecule has 0 unspecified atom stereocenters. The number of rotatable bonds is 11. The Bertz CT molecular complexity index is 1440. The number of methoxy groups -OCH3 is 1. The molecular weight excluding hydrogens is 668 g/mol. The lowest BCUT2D eigenvalue weighted by Gasteiger charge is -2.44. The summed E-state index contributed by atoms with van der Waals surface area (Å²) in [6, 6.07) is 0. The van der Waals surface area contributed by atoms with E-state index >= 15 is 0 Å². The van der Waals surface area contributed by atoms with Crippen LogP contribution in [0.15, 0.2) is 47.6 Å². The zero-order chi connectivity index (χ0) is 38.5. The zero-order valence-electron chi connectivity index (χ0n) is 32.5. The fraction of sp³-hybridized carbons (Fsp3) is 0.707. The van der Waals surface area contributed by atoms with E-state index in [0.29, 0.717) is 37.0 Å². The summed E-state index contributed by atoms with van der Waals surface area (Å²) in [6.07, 6.45) is 8.96. The fourth-order valence-electron chi connectivity index (χ4n) is 8.73. The molecule has 11 atom stereocenters. The van der Waals surface area contributed by atoms with Gasteiger partial charge in [-0.2, -0.15) is 0 Å². The standard InChI is InChI=1S/C41H60O11/c1-23-14-18-31(51-39-37(50-28(6)44)35(49-27(5)43)34(48-26(4)42)36(52-39)38(45)47-10)22-30(23)17-16-29-12-11-21-41(9)32(19-20-33(29)41)24(2)13-15-25(3)40(7,8)46/h13,15-17,24-25,31-37,39,46H,1,11-12,14,18-22H2,2-10H3/b15-13+,29-16+,30-17-/t24-,25+,31+,32-,33+,34+,35+,36+,37-,39-,41-/m1/s1. The quantitative estimate of drug-likeness (QED) is 0.142. The van der Waals surface area contributed by atoms with Crippen molar-refractivity contribution in [1.82, 2.24) is 0 Å². The molecule has 11 nitrogen and oxygen atoms in total. The van der Waals surface area contributed by atoms with Gasteiger partial charge in [-0.3, -0.25) is 14.4 Å². The monoisotopic (exact) mass is 728 g/mol. The molecular formula is C41H60O11. The minimum absolute atomic E-state index is 0.0734. The van der Waals surface area contributed by atoms with Gasteiger partial charge in [0.05, 0.1) is 18.8 Å². The van der Waals surface area contributed by atoms with Crippen molar-refractivity contribution >= 4 is 23.9 Å². The molecule has 1 N–H and O–H groups in total. The van der Waals surface area contributed by atoms with E-state index < -0.39 is 66.3 Å². The second-order valence-corrected chi connectivity index (χ2v) is 16.0. The maximum Gasteiger partial charge on any atom is 0.339 e. The largest absolute Gasteiger partial charge is 0.467 e. The number of hydrogen-bond acceptors (Lipinski definition) is 11. The maximum atomic E-state index is 12.9. The molecule has 3 aliphatic carbocycles. The van der Waals surface area contributed by atoms with Gasteiger partial charge in [0.15, 0.2) is 30.7 Å². The molecule has 1 aliphatic heterocycles. The normalized spacial score (nSPS) is 35.2. The van der Waals surface area contributed by atoms with E-state index in [9.17, 15) is 24.3 Å². The van der Waals surface area contributed by atoms with Gasteiger partial charge in [0.25, 0.3) is 0 Å². The topological polar surface area (TPSA) is 144 Å². The number of hydrogen-bond donors (Lipinski definition) is 1. The van der Waals surface area contributed by atoms with Gasteiger partial charge < -0.3 is 33.5 Å². The minimum Gasteiger partial charge on any atom is -0.467 e. The average Bonchev–Trinajstić information content (AvgIpc) is 3.42. The van der Waals surface area contributed by atoms with Crippen molar-refractivity contribution in [3.63, 3.8) is 0 Å². The molecule has 0 aromatic heterocycles. The molecule has 0 bridgehead atoms. The van der Waals surface area contributed by atoms with Crippen molar-refractivity contribution in [2.45, 2.75) is 149 Å². The molecule has 52 heavy (non-hydrogen) atoms. The molecule has 4 aliphatic rings. The van der Waals surface area contributed by atoms with Crippen LogP contribution in [0, 0.1) is 29.1 Å². The molecule has 0 aromatic carbocycles. The van der Waals surface area contributed by atoms with E-state index in [-0.39, 0.29) is 11.3 Å². The van der Waals surface area contributed by atoms with E-state index in [1.807, 2.05) is 13.8 Å². The van der Waals surface area contributed by atoms with Gasteiger partial charge in [-0.05, 0) is 94.0 Å². The zero-order valence-corrected chi connectivity index (χ0v) is 32.5. The number of fused-ring (bicyclic) bond motifs is 1. The van der Waals surface area contributed by atoms with Crippen LogP contribution in [0.3, 0.4) is 0 Å². The van der Waals surface area contributed by atoms with Crippen molar-refractivity contribution in [3.8, 4) is 0 Å². The Hall–Kier alpha value is -3.28. The van der Waals surface area contributed by atoms with Crippen LogP contribution in [0.4, 0.5) is 0 Å². The molecule has 3 saturated carbocycles. The first-order valence-electron chi connectivity index (χ1n) is 18.7. The lowest BCUT2D eigenvalue weighted by molar-refractivity contribution is -0.310. The van der Waals surface area contributed by atoms with Gasteiger partial charge in [-0.1, -0.05) is 62.8 Å². The van der Waals surface area contributed by atoms with Crippen LogP contribution in [-0.2, 0) is 47.6 Å². The first kappa shape index (κ1) is 41.5. The highest BCUT2D eigenvalue weighted by atomic mass is 16.7. The smallest absolute Gasteiger partial charge is 0.339 e. The lowest BCUT2D eigenvalue weighted by atomic mass is 9.61. The number of carbonyl (C=O) groups excluding carboxylic acids is 4. The molecule has 0 spiro atoms. The van der Waals surface area contributed by atoms with Crippen molar-refractivity contribution < 1.29 is 52.7 Å². The maximum absolute atomic E-state index is 12.9. The average molecular weight is 729 g/mol. The second kappa shape index (κ2) is 17.2. The Labute approximate surface area is 309 Å². The molecule has 1 saturated heterocycles. The molecule has 0 radical (unpaired) electrons. The van der Waals surface area contributed by atoms with Gasteiger partial charge >= 0.3 is 23.9 Å². The molecule has 4 fully saturated rings. The van der Waals surface area contributed by atoms with Crippen LogP contribution in [0.5, 0.6) is 0 Å².